The fourth-order valence-corrected chi connectivity index (χ4v) is 1.26. The summed E-state index contributed by atoms with van der Waals surface area (Å²) in [5.74, 6) is 0. The molecule has 0 aromatic heterocycles. The standard InChI is InChI=1S/C11H16N2O3/c1-8-4-5-9(13(15)16)6-10(8)12-11(2,3)7-14/h4-6,12,14H,7H2,1-3H3. The third-order valence-corrected chi connectivity index (χ3v) is 2.30. The minimum atomic E-state index is -0.500. The van der Waals surface area contributed by atoms with Gasteiger partial charge in [0.2, 0.25) is 0 Å². The van der Waals surface area contributed by atoms with E-state index in [2.05, 4.69) is 5.32 Å². The van der Waals surface area contributed by atoms with E-state index in [0.29, 0.717) is 5.69 Å². The van der Waals surface area contributed by atoms with Gasteiger partial charge in [-0.15, -0.1) is 0 Å². The highest BCUT2D eigenvalue weighted by Crippen LogP contribution is 2.24. The Morgan fingerprint density at radius 1 is 1.50 bits per heavy atom. The second kappa shape index (κ2) is 4.49. The molecule has 0 spiro atoms. The van der Waals surface area contributed by atoms with Gasteiger partial charge in [0.1, 0.15) is 0 Å². The molecule has 0 heterocycles. The Bertz CT molecular complexity index is 402. The third kappa shape index (κ3) is 2.93. The number of nitro groups is 1. The average Bonchev–Trinajstić information content (AvgIpc) is 2.21. The van der Waals surface area contributed by atoms with Crippen molar-refractivity contribution < 1.29 is 10.0 Å². The van der Waals surface area contributed by atoms with Crippen molar-refractivity contribution in [2.75, 3.05) is 11.9 Å². The van der Waals surface area contributed by atoms with Crippen molar-refractivity contribution >= 4 is 11.4 Å². The fourth-order valence-electron chi connectivity index (χ4n) is 1.26. The van der Waals surface area contributed by atoms with Gasteiger partial charge in [0.05, 0.1) is 17.1 Å². The molecular weight excluding hydrogens is 208 g/mol. The highest BCUT2D eigenvalue weighted by Gasteiger charge is 2.18. The van der Waals surface area contributed by atoms with Gasteiger partial charge in [0, 0.05) is 17.8 Å². The number of hydrogen-bond acceptors (Lipinski definition) is 4. The summed E-state index contributed by atoms with van der Waals surface area (Å²) < 4.78 is 0. The largest absolute Gasteiger partial charge is 0.394 e. The van der Waals surface area contributed by atoms with Crippen molar-refractivity contribution in [1.29, 1.82) is 0 Å². The van der Waals surface area contributed by atoms with Crippen LogP contribution in [0.1, 0.15) is 19.4 Å². The monoisotopic (exact) mass is 224 g/mol. The Morgan fingerprint density at radius 3 is 2.62 bits per heavy atom. The van der Waals surface area contributed by atoms with E-state index in [4.69, 9.17) is 5.11 Å². The summed E-state index contributed by atoms with van der Waals surface area (Å²) >= 11 is 0. The molecule has 88 valence electrons. The molecule has 16 heavy (non-hydrogen) atoms. The summed E-state index contributed by atoms with van der Waals surface area (Å²) in [4.78, 5) is 10.2. The lowest BCUT2D eigenvalue weighted by molar-refractivity contribution is -0.384. The number of nitro benzene ring substituents is 1. The van der Waals surface area contributed by atoms with E-state index in [0.717, 1.165) is 5.56 Å². The number of nitrogens with one attached hydrogen (secondary N) is 1. The molecule has 0 aliphatic heterocycles. The molecule has 1 rings (SSSR count). The van der Waals surface area contributed by atoms with Crippen LogP contribution in [0.15, 0.2) is 18.2 Å². The van der Waals surface area contributed by atoms with E-state index >= 15 is 0 Å². The first-order chi connectivity index (χ1) is 7.35. The van der Waals surface area contributed by atoms with Crippen LogP contribution in [0.25, 0.3) is 0 Å². The minimum Gasteiger partial charge on any atom is -0.394 e. The van der Waals surface area contributed by atoms with Gasteiger partial charge in [-0.2, -0.15) is 0 Å². The molecule has 0 saturated heterocycles. The summed E-state index contributed by atoms with van der Waals surface area (Å²) in [6.45, 7) is 5.46. The minimum absolute atomic E-state index is 0.0434. The van der Waals surface area contributed by atoms with Crippen LogP contribution in [-0.2, 0) is 0 Å². The second-order valence-corrected chi connectivity index (χ2v) is 4.42. The zero-order chi connectivity index (χ0) is 12.3. The van der Waals surface area contributed by atoms with Gasteiger partial charge < -0.3 is 10.4 Å². The van der Waals surface area contributed by atoms with Crippen LogP contribution < -0.4 is 5.32 Å². The maximum absolute atomic E-state index is 10.6. The number of anilines is 1. The van der Waals surface area contributed by atoms with Crippen LogP contribution in [0.3, 0.4) is 0 Å². The first-order valence-electron chi connectivity index (χ1n) is 5.00. The van der Waals surface area contributed by atoms with Crippen LogP contribution in [0.2, 0.25) is 0 Å². The van der Waals surface area contributed by atoms with Gasteiger partial charge in [-0.1, -0.05) is 6.07 Å². The number of aliphatic hydroxyl groups is 1. The topological polar surface area (TPSA) is 75.4 Å². The molecule has 0 fully saturated rings. The van der Waals surface area contributed by atoms with Crippen LogP contribution in [0, 0.1) is 17.0 Å². The van der Waals surface area contributed by atoms with Crippen molar-refractivity contribution in [2.45, 2.75) is 26.3 Å². The van der Waals surface area contributed by atoms with Crippen molar-refractivity contribution in [2.24, 2.45) is 0 Å². The zero-order valence-corrected chi connectivity index (χ0v) is 9.65. The molecule has 5 nitrogen and oxygen atoms in total. The van der Waals surface area contributed by atoms with E-state index < -0.39 is 10.5 Å². The molecule has 2 N–H and O–H groups in total. The first kappa shape index (κ1) is 12.4. The lowest BCUT2D eigenvalue weighted by Crippen LogP contribution is -2.35. The van der Waals surface area contributed by atoms with Crippen LogP contribution in [0.4, 0.5) is 11.4 Å². The Kier molecular flexibility index (Phi) is 3.49. The lowest BCUT2D eigenvalue weighted by Gasteiger charge is -2.25. The van der Waals surface area contributed by atoms with Crippen molar-refractivity contribution in [3.05, 3.63) is 33.9 Å². The number of benzene rings is 1. The van der Waals surface area contributed by atoms with Crippen molar-refractivity contribution in [1.82, 2.24) is 0 Å². The zero-order valence-electron chi connectivity index (χ0n) is 9.65. The van der Waals surface area contributed by atoms with Gasteiger partial charge in [-0.25, -0.2) is 0 Å². The number of hydrogen-bond donors (Lipinski definition) is 2. The number of aryl methyl sites for hydroxylation is 1. The molecule has 0 amide bonds. The summed E-state index contributed by atoms with van der Waals surface area (Å²) in [7, 11) is 0. The molecule has 0 atom stereocenters. The molecule has 0 bridgehead atoms. The van der Waals surface area contributed by atoms with E-state index in [1.807, 2.05) is 20.8 Å². The Hall–Kier alpha value is -1.62. The van der Waals surface area contributed by atoms with E-state index in [1.165, 1.54) is 12.1 Å². The quantitative estimate of drug-likeness (QED) is 0.606. The van der Waals surface area contributed by atoms with Gasteiger partial charge >= 0.3 is 0 Å². The predicted octanol–water partition coefficient (Wildman–Crippen LogP) is 2.09. The summed E-state index contributed by atoms with van der Waals surface area (Å²) in [5, 5.41) is 22.8. The van der Waals surface area contributed by atoms with Crippen LogP contribution >= 0.6 is 0 Å². The number of nitrogens with zero attached hydrogens (tertiary/aromatic N) is 1. The summed E-state index contributed by atoms with van der Waals surface area (Å²) in [6, 6.07) is 4.63. The van der Waals surface area contributed by atoms with Gasteiger partial charge in [0.25, 0.3) is 5.69 Å². The maximum Gasteiger partial charge on any atom is 0.271 e. The molecular formula is C11H16N2O3. The first-order valence-corrected chi connectivity index (χ1v) is 5.00. The number of aliphatic hydroxyl groups excluding tert-OH is 1. The lowest BCUT2D eigenvalue weighted by atomic mass is 10.1. The predicted molar refractivity (Wildman–Crippen MR) is 62.6 cm³/mol. The Labute approximate surface area is 94.3 Å². The van der Waals surface area contributed by atoms with E-state index in [1.54, 1.807) is 6.07 Å². The smallest absolute Gasteiger partial charge is 0.271 e. The molecule has 0 aliphatic carbocycles. The molecule has 0 unspecified atom stereocenters. The SMILES string of the molecule is Cc1ccc([N+](=O)[O-])cc1NC(C)(C)CO. The highest BCUT2D eigenvalue weighted by atomic mass is 16.6. The van der Waals surface area contributed by atoms with E-state index in [-0.39, 0.29) is 12.3 Å². The molecule has 0 radical (unpaired) electrons. The van der Waals surface area contributed by atoms with Crippen LogP contribution in [0.5, 0.6) is 0 Å². The van der Waals surface area contributed by atoms with Gasteiger partial charge in [0.15, 0.2) is 0 Å². The average molecular weight is 224 g/mol. The fraction of sp³-hybridized carbons (Fsp3) is 0.455. The third-order valence-electron chi connectivity index (χ3n) is 2.30. The summed E-state index contributed by atoms with van der Waals surface area (Å²) in [5.41, 5.74) is 1.13. The van der Waals surface area contributed by atoms with Crippen molar-refractivity contribution in [3.63, 3.8) is 0 Å². The molecule has 0 saturated carbocycles. The molecule has 5 heteroatoms. The van der Waals surface area contributed by atoms with E-state index in [9.17, 15) is 10.1 Å². The molecule has 1 aromatic rings. The number of rotatable bonds is 4. The molecule has 1 aromatic carbocycles. The highest BCUT2D eigenvalue weighted by molar-refractivity contribution is 5.57. The maximum atomic E-state index is 10.6. The Morgan fingerprint density at radius 2 is 2.12 bits per heavy atom. The van der Waals surface area contributed by atoms with Gasteiger partial charge in [-0.05, 0) is 26.3 Å². The van der Waals surface area contributed by atoms with Crippen molar-refractivity contribution in [3.8, 4) is 0 Å². The second-order valence-electron chi connectivity index (χ2n) is 4.42. The van der Waals surface area contributed by atoms with Crippen LogP contribution in [-0.4, -0.2) is 22.2 Å². The number of non-ortho nitro benzene ring substituents is 1. The molecule has 0 aliphatic rings. The normalized spacial score (nSPS) is 11.2. The van der Waals surface area contributed by atoms with Gasteiger partial charge in [-0.3, -0.25) is 10.1 Å². The Balaban J connectivity index is 3.03. The summed E-state index contributed by atoms with van der Waals surface area (Å²) in [6.07, 6.45) is 0.